The molecule has 0 aromatic heterocycles. The summed E-state index contributed by atoms with van der Waals surface area (Å²) < 4.78 is 12.2. The molecule has 1 aromatic rings. The van der Waals surface area contributed by atoms with Crippen molar-refractivity contribution in [3.8, 4) is 0 Å². The Morgan fingerprint density at radius 3 is 2.24 bits per heavy atom. The van der Waals surface area contributed by atoms with Gasteiger partial charge in [0.1, 0.15) is 0 Å². The molecule has 0 aliphatic heterocycles. The van der Waals surface area contributed by atoms with Crippen LogP contribution in [0.2, 0.25) is 0 Å². The van der Waals surface area contributed by atoms with Gasteiger partial charge >= 0.3 is 0 Å². The predicted octanol–water partition coefficient (Wildman–Crippen LogP) is 4.21. The Hall–Kier alpha value is -1.11. The molecular formula is C15H20OS. The lowest BCUT2D eigenvalue weighted by Crippen LogP contribution is -1.98. The van der Waals surface area contributed by atoms with E-state index in [0.717, 1.165) is 9.80 Å². The Morgan fingerprint density at radius 2 is 1.76 bits per heavy atom. The second kappa shape index (κ2) is 5.48. The first-order valence-corrected chi connectivity index (χ1v) is 6.87. The van der Waals surface area contributed by atoms with E-state index in [1.54, 1.807) is 0 Å². The summed E-state index contributed by atoms with van der Waals surface area (Å²) >= 11 is 0. The van der Waals surface area contributed by atoms with Crippen molar-refractivity contribution in [1.82, 2.24) is 0 Å². The van der Waals surface area contributed by atoms with Crippen LogP contribution in [0.1, 0.15) is 33.3 Å². The SMILES string of the molecule is CC(=C=CC(C)(C)C)[S@@](=O)c1ccc(C)cc1. The number of allylic oxidation sites excluding steroid dienone is 1. The second-order valence-electron chi connectivity index (χ2n) is 5.29. The van der Waals surface area contributed by atoms with Gasteiger partial charge in [0.2, 0.25) is 0 Å². The molecule has 0 aliphatic rings. The second-order valence-corrected chi connectivity index (χ2v) is 6.91. The van der Waals surface area contributed by atoms with Crippen LogP contribution in [0.3, 0.4) is 0 Å². The maximum absolute atomic E-state index is 12.2. The molecule has 0 heterocycles. The summed E-state index contributed by atoms with van der Waals surface area (Å²) in [7, 11) is -1.10. The molecule has 1 rings (SSSR count). The lowest BCUT2D eigenvalue weighted by molar-refractivity contribution is 0.545. The van der Waals surface area contributed by atoms with Gasteiger partial charge in [-0.2, -0.15) is 0 Å². The molecule has 0 amide bonds. The predicted molar refractivity (Wildman–Crippen MR) is 74.3 cm³/mol. The van der Waals surface area contributed by atoms with E-state index in [1.807, 2.05) is 44.2 Å². The third kappa shape index (κ3) is 4.72. The standard InChI is InChI=1S/C15H20OS/c1-12-6-8-14(9-7-12)17(16)13(2)10-11-15(3,4)5/h6-9,11H,1-5H3/t10?,17-/m1/s1. The third-order valence-electron chi connectivity index (χ3n) is 2.22. The minimum Gasteiger partial charge on any atom is -0.249 e. The Bertz CT molecular complexity index is 469. The molecule has 1 aromatic carbocycles. The number of hydrogen-bond donors (Lipinski definition) is 0. The van der Waals surface area contributed by atoms with Crippen LogP contribution in [0.4, 0.5) is 0 Å². The van der Waals surface area contributed by atoms with Gasteiger partial charge in [-0.05, 0) is 37.5 Å². The van der Waals surface area contributed by atoms with Crippen molar-refractivity contribution >= 4 is 10.8 Å². The van der Waals surface area contributed by atoms with Gasteiger partial charge in [0.05, 0.1) is 15.7 Å². The highest BCUT2D eigenvalue weighted by Crippen LogP contribution is 2.17. The van der Waals surface area contributed by atoms with Crippen LogP contribution in [0.5, 0.6) is 0 Å². The maximum atomic E-state index is 12.2. The molecule has 1 atom stereocenters. The van der Waals surface area contributed by atoms with E-state index in [-0.39, 0.29) is 5.41 Å². The first-order valence-electron chi connectivity index (χ1n) is 5.72. The van der Waals surface area contributed by atoms with Gasteiger partial charge in [-0.15, -0.1) is 5.73 Å². The minimum atomic E-state index is -1.10. The van der Waals surface area contributed by atoms with Crippen LogP contribution >= 0.6 is 0 Å². The molecule has 0 bridgehead atoms. The Morgan fingerprint density at radius 1 is 1.24 bits per heavy atom. The van der Waals surface area contributed by atoms with Crippen molar-refractivity contribution in [3.63, 3.8) is 0 Å². The Balaban J connectivity index is 2.98. The van der Waals surface area contributed by atoms with E-state index in [4.69, 9.17) is 0 Å². The zero-order chi connectivity index (χ0) is 13.1. The van der Waals surface area contributed by atoms with Crippen molar-refractivity contribution in [2.45, 2.75) is 39.5 Å². The first kappa shape index (κ1) is 14.0. The highest BCUT2D eigenvalue weighted by Gasteiger charge is 2.07. The topological polar surface area (TPSA) is 17.1 Å². The molecule has 92 valence electrons. The molecule has 0 spiro atoms. The zero-order valence-corrected chi connectivity index (χ0v) is 12.0. The number of rotatable bonds is 2. The van der Waals surface area contributed by atoms with Crippen LogP contribution in [0.25, 0.3) is 0 Å². The Kier molecular flexibility index (Phi) is 4.50. The van der Waals surface area contributed by atoms with Crippen molar-refractivity contribution in [1.29, 1.82) is 0 Å². The van der Waals surface area contributed by atoms with E-state index < -0.39 is 10.8 Å². The number of benzene rings is 1. The molecule has 0 N–H and O–H groups in total. The average molecular weight is 248 g/mol. The van der Waals surface area contributed by atoms with Crippen LogP contribution in [0.15, 0.2) is 45.9 Å². The van der Waals surface area contributed by atoms with Crippen molar-refractivity contribution in [3.05, 3.63) is 46.5 Å². The monoisotopic (exact) mass is 248 g/mol. The molecule has 1 nitrogen and oxygen atoms in total. The number of aryl methyl sites for hydroxylation is 1. The van der Waals surface area contributed by atoms with Crippen molar-refractivity contribution in [2.24, 2.45) is 5.41 Å². The molecule has 0 saturated heterocycles. The summed E-state index contributed by atoms with van der Waals surface area (Å²) in [5, 5.41) is 0. The van der Waals surface area contributed by atoms with Gasteiger partial charge < -0.3 is 0 Å². The summed E-state index contributed by atoms with van der Waals surface area (Å²) in [6.07, 6.45) is 1.97. The summed E-state index contributed by atoms with van der Waals surface area (Å²) in [4.78, 5) is 1.60. The summed E-state index contributed by atoms with van der Waals surface area (Å²) in [6.45, 7) is 10.2. The normalized spacial score (nSPS) is 12.8. The van der Waals surface area contributed by atoms with Gasteiger partial charge in [-0.3, -0.25) is 0 Å². The van der Waals surface area contributed by atoms with E-state index in [2.05, 4.69) is 26.5 Å². The van der Waals surface area contributed by atoms with Gasteiger partial charge in [0.15, 0.2) is 0 Å². The fourth-order valence-corrected chi connectivity index (χ4v) is 2.11. The molecule has 17 heavy (non-hydrogen) atoms. The molecule has 0 saturated carbocycles. The van der Waals surface area contributed by atoms with Gasteiger partial charge in [-0.1, -0.05) is 38.5 Å². The van der Waals surface area contributed by atoms with E-state index in [0.29, 0.717) is 0 Å². The molecular weight excluding hydrogens is 228 g/mol. The quantitative estimate of drug-likeness (QED) is 0.717. The van der Waals surface area contributed by atoms with Gasteiger partial charge in [-0.25, -0.2) is 4.21 Å². The zero-order valence-electron chi connectivity index (χ0n) is 11.2. The fraction of sp³-hybridized carbons (Fsp3) is 0.400. The molecule has 0 aliphatic carbocycles. The van der Waals surface area contributed by atoms with Gasteiger partial charge in [0, 0.05) is 4.90 Å². The summed E-state index contributed by atoms with van der Waals surface area (Å²) in [6, 6.07) is 7.78. The molecule has 0 unspecified atom stereocenters. The highest BCUT2D eigenvalue weighted by atomic mass is 32.2. The number of hydrogen-bond acceptors (Lipinski definition) is 1. The molecule has 0 fully saturated rings. The molecule has 2 heteroatoms. The Labute approximate surface area is 107 Å². The van der Waals surface area contributed by atoms with Crippen LogP contribution in [-0.4, -0.2) is 4.21 Å². The van der Waals surface area contributed by atoms with Crippen LogP contribution < -0.4 is 0 Å². The van der Waals surface area contributed by atoms with E-state index >= 15 is 0 Å². The van der Waals surface area contributed by atoms with E-state index in [1.165, 1.54) is 5.56 Å². The van der Waals surface area contributed by atoms with Crippen molar-refractivity contribution < 1.29 is 4.21 Å². The fourth-order valence-electron chi connectivity index (χ4n) is 1.21. The molecule has 0 radical (unpaired) electrons. The summed E-state index contributed by atoms with van der Waals surface area (Å²) in [5.74, 6) is 0. The van der Waals surface area contributed by atoms with Crippen LogP contribution in [-0.2, 0) is 10.8 Å². The lowest BCUT2D eigenvalue weighted by Gasteiger charge is -2.09. The average Bonchev–Trinajstić information content (AvgIpc) is 2.25. The largest absolute Gasteiger partial charge is 0.249 e. The highest BCUT2D eigenvalue weighted by molar-refractivity contribution is 7.89. The minimum absolute atomic E-state index is 0.0682. The van der Waals surface area contributed by atoms with Gasteiger partial charge in [0.25, 0.3) is 0 Å². The third-order valence-corrected chi connectivity index (χ3v) is 3.60. The first-order chi connectivity index (χ1) is 7.79. The lowest BCUT2D eigenvalue weighted by atomic mass is 9.97. The maximum Gasteiger partial charge on any atom is 0.0883 e. The van der Waals surface area contributed by atoms with Crippen LogP contribution in [0, 0.1) is 12.3 Å². The smallest absolute Gasteiger partial charge is 0.0883 e. The van der Waals surface area contributed by atoms with Crippen molar-refractivity contribution in [2.75, 3.05) is 0 Å². The van der Waals surface area contributed by atoms with E-state index in [9.17, 15) is 4.21 Å². The summed E-state index contributed by atoms with van der Waals surface area (Å²) in [5.41, 5.74) is 4.37.